The van der Waals surface area contributed by atoms with Crippen molar-refractivity contribution in [3.05, 3.63) is 24.3 Å². The van der Waals surface area contributed by atoms with E-state index in [9.17, 15) is 0 Å². The highest BCUT2D eigenvalue weighted by molar-refractivity contribution is 6.44. The van der Waals surface area contributed by atoms with Gasteiger partial charge in [-0.05, 0) is 18.2 Å². The van der Waals surface area contributed by atoms with Crippen molar-refractivity contribution in [1.29, 1.82) is 0 Å². The van der Waals surface area contributed by atoms with Crippen LogP contribution in [0.25, 0.3) is 11.0 Å². The van der Waals surface area contributed by atoms with Crippen LogP contribution in [0.15, 0.2) is 28.7 Å². The Bertz CT molecular complexity index is 519. The van der Waals surface area contributed by atoms with Crippen LogP contribution in [0.4, 0.5) is 5.69 Å². The van der Waals surface area contributed by atoms with Crippen LogP contribution in [-0.4, -0.2) is 38.8 Å². The average Bonchev–Trinajstić information content (AvgIpc) is 2.82. The first kappa shape index (κ1) is 10.7. The third kappa shape index (κ3) is 1.92. The van der Waals surface area contributed by atoms with Crippen LogP contribution < -0.4 is 10.6 Å². The first-order valence-electron chi connectivity index (χ1n) is 5.71. The van der Waals surface area contributed by atoms with E-state index in [0.29, 0.717) is 5.66 Å². The van der Waals surface area contributed by atoms with Gasteiger partial charge in [-0.1, -0.05) is 6.07 Å². The average molecular weight is 230 g/mol. The van der Waals surface area contributed by atoms with Crippen molar-refractivity contribution in [2.75, 3.05) is 31.2 Å². The zero-order chi connectivity index (χ0) is 11.7. The van der Waals surface area contributed by atoms with Crippen LogP contribution in [-0.2, 0) is 4.74 Å². The second-order valence-electron chi connectivity index (χ2n) is 4.07. The van der Waals surface area contributed by atoms with Gasteiger partial charge in [0, 0.05) is 24.2 Å². The highest BCUT2D eigenvalue weighted by Crippen LogP contribution is 2.27. The van der Waals surface area contributed by atoms with E-state index >= 15 is 0 Å². The zero-order valence-electron chi connectivity index (χ0n) is 9.43. The van der Waals surface area contributed by atoms with Crippen molar-refractivity contribution in [2.45, 2.75) is 0 Å². The molecule has 1 aliphatic rings. The van der Waals surface area contributed by atoms with Gasteiger partial charge >= 0.3 is 7.48 Å². The molecule has 1 aromatic carbocycles. The Kier molecular flexibility index (Phi) is 2.78. The van der Waals surface area contributed by atoms with Gasteiger partial charge in [0.2, 0.25) is 0 Å². The van der Waals surface area contributed by atoms with E-state index in [0.717, 1.165) is 50.4 Å². The van der Waals surface area contributed by atoms with Gasteiger partial charge in [-0.2, -0.15) is 0 Å². The second-order valence-corrected chi connectivity index (χ2v) is 4.07. The molecule has 17 heavy (non-hydrogen) atoms. The molecule has 0 amide bonds. The summed E-state index contributed by atoms with van der Waals surface area (Å²) in [5.74, 6) is 0. The predicted octanol–water partition coefficient (Wildman–Crippen LogP) is 0.506. The Labute approximate surface area is 100 Å². The number of fused-ring (bicyclic) bond motifs is 1. The fraction of sp³-hybridized carbons (Fsp3) is 0.333. The van der Waals surface area contributed by atoms with Crippen LogP contribution in [0, 0.1) is 0 Å². The zero-order valence-corrected chi connectivity index (χ0v) is 9.43. The fourth-order valence-corrected chi connectivity index (χ4v) is 2.21. The Hall–Kier alpha value is -1.46. The molecule has 1 aromatic heterocycles. The molecule has 0 unspecified atom stereocenters. The summed E-state index contributed by atoms with van der Waals surface area (Å²) in [6, 6.07) is 7.81. The lowest BCUT2D eigenvalue weighted by atomic mass is 9.97. The lowest BCUT2D eigenvalue weighted by Crippen LogP contribution is -2.36. The summed E-state index contributed by atoms with van der Waals surface area (Å²) in [6.07, 6.45) is 0. The number of ether oxygens (including phenoxy) is 1. The highest BCUT2D eigenvalue weighted by Gasteiger charge is 2.15. The van der Waals surface area contributed by atoms with Crippen LogP contribution >= 0.6 is 0 Å². The van der Waals surface area contributed by atoms with Gasteiger partial charge in [0.25, 0.3) is 0 Å². The van der Waals surface area contributed by atoms with E-state index in [2.05, 4.69) is 11.0 Å². The monoisotopic (exact) mass is 230 g/mol. The third-order valence-corrected chi connectivity index (χ3v) is 3.04. The maximum absolute atomic E-state index is 8.99. The normalized spacial score (nSPS) is 16.4. The first-order valence-corrected chi connectivity index (χ1v) is 5.71. The van der Waals surface area contributed by atoms with Crippen molar-refractivity contribution in [3.63, 3.8) is 0 Å². The number of hydrogen-bond donors (Lipinski definition) is 1. The summed E-state index contributed by atoms with van der Waals surface area (Å²) >= 11 is 0. The number of anilines is 1. The molecular weight excluding hydrogens is 217 g/mol. The molecule has 3 rings (SSSR count). The number of benzene rings is 1. The number of morpholine rings is 1. The summed E-state index contributed by atoms with van der Waals surface area (Å²) in [6.45, 7) is 3.30. The van der Waals surface area contributed by atoms with E-state index in [4.69, 9.17) is 14.2 Å². The van der Waals surface area contributed by atoms with E-state index < -0.39 is 0 Å². The Morgan fingerprint density at radius 3 is 2.82 bits per heavy atom. The van der Waals surface area contributed by atoms with Gasteiger partial charge in [-0.25, -0.2) is 0 Å². The highest BCUT2D eigenvalue weighted by atomic mass is 16.5. The number of nitrogens with zero attached hydrogens (tertiary/aromatic N) is 1. The molecule has 1 radical (unpaired) electrons. The van der Waals surface area contributed by atoms with Crippen LogP contribution in [0.1, 0.15) is 0 Å². The molecule has 0 aliphatic carbocycles. The molecule has 5 heteroatoms. The standard InChI is InChI=1S/C12H13BNO3/c15-13-12-8-9-10(2-1-3-11(9)17-12)14-4-6-16-7-5-14/h1-3,8,15H,4-7H2. The molecule has 1 aliphatic heterocycles. The summed E-state index contributed by atoms with van der Waals surface area (Å²) < 4.78 is 10.8. The Morgan fingerprint density at radius 2 is 2.06 bits per heavy atom. The van der Waals surface area contributed by atoms with E-state index in [1.54, 1.807) is 0 Å². The SMILES string of the molecule is O[B]c1cc2c(N3CCOCC3)cccc2o1. The molecule has 1 fully saturated rings. The summed E-state index contributed by atoms with van der Waals surface area (Å²) in [4.78, 5) is 2.28. The molecule has 1 N–H and O–H groups in total. The number of hydrogen-bond acceptors (Lipinski definition) is 4. The Balaban J connectivity index is 2.05. The van der Waals surface area contributed by atoms with Crippen LogP contribution in [0.3, 0.4) is 0 Å². The van der Waals surface area contributed by atoms with Gasteiger partial charge in [0.1, 0.15) is 5.58 Å². The van der Waals surface area contributed by atoms with Gasteiger partial charge < -0.3 is 19.1 Å². The third-order valence-electron chi connectivity index (χ3n) is 3.04. The molecule has 4 nitrogen and oxygen atoms in total. The van der Waals surface area contributed by atoms with Crippen molar-refractivity contribution in [1.82, 2.24) is 0 Å². The summed E-state index contributed by atoms with van der Waals surface area (Å²) in [5.41, 5.74) is 2.43. The van der Waals surface area contributed by atoms with Crippen molar-refractivity contribution >= 4 is 29.8 Å². The molecular formula is C12H13BNO3. The first-order chi connectivity index (χ1) is 8.38. The second kappa shape index (κ2) is 4.43. The minimum atomic E-state index is 0.487. The quantitative estimate of drug-likeness (QED) is 0.763. The van der Waals surface area contributed by atoms with Crippen LogP contribution in [0.5, 0.6) is 0 Å². The van der Waals surface area contributed by atoms with E-state index in [1.807, 2.05) is 18.2 Å². The lowest BCUT2D eigenvalue weighted by molar-refractivity contribution is 0.123. The van der Waals surface area contributed by atoms with Gasteiger partial charge in [0.05, 0.1) is 18.9 Å². The molecule has 0 bridgehead atoms. The predicted molar refractivity (Wildman–Crippen MR) is 66.9 cm³/mol. The Morgan fingerprint density at radius 1 is 1.24 bits per heavy atom. The van der Waals surface area contributed by atoms with Crippen molar-refractivity contribution in [2.24, 2.45) is 0 Å². The van der Waals surface area contributed by atoms with Gasteiger partial charge in [-0.3, -0.25) is 0 Å². The number of furan rings is 1. The fourth-order valence-electron chi connectivity index (χ4n) is 2.21. The molecule has 87 valence electrons. The maximum Gasteiger partial charge on any atom is 0.373 e. The van der Waals surface area contributed by atoms with Crippen molar-refractivity contribution in [3.8, 4) is 0 Å². The van der Waals surface area contributed by atoms with Gasteiger partial charge in [0.15, 0.2) is 0 Å². The molecule has 1 saturated heterocycles. The minimum Gasteiger partial charge on any atom is -0.469 e. The smallest absolute Gasteiger partial charge is 0.373 e. The molecule has 2 aromatic rings. The molecule has 0 spiro atoms. The summed E-state index contributed by atoms with van der Waals surface area (Å²) in [7, 11) is 0.989. The van der Waals surface area contributed by atoms with Gasteiger partial charge in [-0.15, -0.1) is 0 Å². The lowest BCUT2D eigenvalue weighted by Gasteiger charge is -2.29. The molecule has 0 atom stereocenters. The molecule has 0 saturated carbocycles. The number of rotatable bonds is 2. The van der Waals surface area contributed by atoms with E-state index in [1.165, 1.54) is 0 Å². The minimum absolute atomic E-state index is 0.487. The van der Waals surface area contributed by atoms with Crippen LogP contribution in [0.2, 0.25) is 0 Å². The maximum atomic E-state index is 8.99. The largest absolute Gasteiger partial charge is 0.469 e. The summed E-state index contributed by atoms with van der Waals surface area (Å²) in [5, 5.41) is 10.0. The van der Waals surface area contributed by atoms with Crippen molar-refractivity contribution < 1.29 is 14.2 Å². The topological polar surface area (TPSA) is 45.8 Å². The molecule has 2 heterocycles. The van der Waals surface area contributed by atoms with E-state index in [-0.39, 0.29) is 0 Å².